The summed E-state index contributed by atoms with van der Waals surface area (Å²) in [6.07, 6.45) is 1.50. The molecule has 2 aromatic rings. The molecule has 0 bridgehead atoms. The number of carbonyl (C=O) groups is 1. The fourth-order valence-electron chi connectivity index (χ4n) is 2.07. The highest BCUT2D eigenvalue weighted by atomic mass is 79.9. The van der Waals surface area contributed by atoms with Crippen molar-refractivity contribution in [1.29, 1.82) is 0 Å². The zero-order valence-electron chi connectivity index (χ0n) is 13.0. The second kappa shape index (κ2) is 7.63. The Balaban J connectivity index is 2.43. The van der Waals surface area contributed by atoms with Gasteiger partial charge in [0.1, 0.15) is 0 Å². The van der Waals surface area contributed by atoms with Crippen LogP contribution in [0.5, 0.6) is 0 Å². The van der Waals surface area contributed by atoms with E-state index in [1.54, 1.807) is 24.3 Å². The molecule has 24 heavy (non-hydrogen) atoms. The van der Waals surface area contributed by atoms with E-state index >= 15 is 0 Å². The molecule has 0 atom stereocenters. The highest BCUT2D eigenvalue weighted by Crippen LogP contribution is 2.25. The minimum atomic E-state index is -3.75. The molecular formula is C17H16BrNO4S. The zero-order valence-corrected chi connectivity index (χ0v) is 15.4. The zero-order chi connectivity index (χ0) is 17.7. The smallest absolute Gasteiger partial charge is 0.337 e. The van der Waals surface area contributed by atoms with Crippen molar-refractivity contribution in [2.24, 2.45) is 0 Å². The lowest BCUT2D eigenvalue weighted by atomic mass is 10.2. The Labute approximate surface area is 149 Å². The average Bonchev–Trinajstić information content (AvgIpc) is 2.59. The maximum Gasteiger partial charge on any atom is 0.337 e. The van der Waals surface area contributed by atoms with E-state index in [0.717, 1.165) is 4.47 Å². The van der Waals surface area contributed by atoms with Gasteiger partial charge >= 0.3 is 5.97 Å². The Hall–Kier alpha value is -2.12. The van der Waals surface area contributed by atoms with Gasteiger partial charge in [0.25, 0.3) is 10.0 Å². The molecule has 7 heteroatoms. The number of sulfonamides is 1. The molecule has 0 amide bonds. The molecule has 0 radical (unpaired) electrons. The topological polar surface area (TPSA) is 63.7 Å². The molecule has 0 N–H and O–H groups in total. The first-order valence-electron chi connectivity index (χ1n) is 6.97. The molecule has 5 nitrogen and oxygen atoms in total. The second-order valence-corrected chi connectivity index (χ2v) is 7.60. The predicted octanol–water partition coefficient (Wildman–Crippen LogP) is 3.62. The highest BCUT2D eigenvalue weighted by Gasteiger charge is 2.24. The molecule has 0 saturated carbocycles. The lowest BCUT2D eigenvalue weighted by Crippen LogP contribution is -2.31. The Morgan fingerprint density at radius 3 is 2.25 bits per heavy atom. The van der Waals surface area contributed by atoms with E-state index in [-0.39, 0.29) is 11.4 Å². The van der Waals surface area contributed by atoms with Crippen LogP contribution in [0.25, 0.3) is 0 Å². The lowest BCUT2D eigenvalue weighted by Gasteiger charge is -2.23. The normalized spacial score (nSPS) is 10.9. The third kappa shape index (κ3) is 3.85. The van der Waals surface area contributed by atoms with Crippen molar-refractivity contribution in [1.82, 2.24) is 0 Å². The van der Waals surface area contributed by atoms with Gasteiger partial charge in [-0.25, -0.2) is 13.2 Å². The van der Waals surface area contributed by atoms with Crippen LogP contribution < -0.4 is 4.31 Å². The van der Waals surface area contributed by atoms with Gasteiger partial charge in [-0.1, -0.05) is 22.0 Å². The van der Waals surface area contributed by atoms with Gasteiger partial charge in [-0.05, 0) is 48.5 Å². The van der Waals surface area contributed by atoms with Gasteiger partial charge in [0, 0.05) is 4.47 Å². The second-order valence-electron chi connectivity index (χ2n) is 4.82. The summed E-state index contributed by atoms with van der Waals surface area (Å²) in [6.45, 7) is 3.73. The molecule has 126 valence electrons. The Kier molecular flexibility index (Phi) is 5.80. The SMILES string of the molecule is C=CCN(c1ccc(C(=O)OC)cc1)S(=O)(=O)c1ccc(Br)cc1. The van der Waals surface area contributed by atoms with Crippen LogP contribution in [0.15, 0.2) is 70.6 Å². The van der Waals surface area contributed by atoms with Crippen molar-refractivity contribution >= 4 is 37.6 Å². The van der Waals surface area contributed by atoms with E-state index in [1.807, 2.05) is 0 Å². The Morgan fingerprint density at radius 1 is 1.17 bits per heavy atom. The van der Waals surface area contributed by atoms with Crippen LogP contribution in [0.4, 0.5) is 5.69 Å². The summed E-state index contributed by atoms with van der Waals surface area (Å²) in [4.78, 5) is 11.7. The fraction of sp³-hybridized carbons (Fsp3) is 0.118. The number of hydrogen-bond acceptors (Lipinski definition) is 4. The number of anilines is 1. The van der Waals surface area contributed by atoms with E-state index in [2.05, 4.69) is 27.2 Å². The first-order chi connectivity index (χ1) is 11.4. The van der Waals surface area contributed by atoms with Crippen LogP contribution >= 0.6 is 15.9 Å². The number of ether oxygens (including phenoxy) is 1. The number of hydrogen-bond donors (Lipinski definition) is 0. The lowest BCUT2D eigenvalue weighted by molar-refractivity contribution is 0.0601. The van der Waals surface area contributed by atoms with Crippen molar-refractivity contribution in [3.05, 3.63) is 71.2 Å². The van der Waals surface area contributed by atoms with Gasteiger partial charge in [-0.15, -0.1) is 6.58 Å². The first-order valence-corrected chi connectivity index (χ1v) is 9.21. The first kappa shape index (κ1) is 18.2. The van der Waals surface area contributed by atoms with E-state index in [9.17, 15) is 13.2 Å². The summed E-state index contributed by atoms with van der Waals surface area (Å²) in [6, 6.07) is 12.6. The van der Waals surface area contributed by atoms with E-state index < -0.39 is 16.0 Å². The van der Waals surface area contributed by atoms with Gasteiger partial charge in [0.05, 0.1) is 29.8 Å². The molecule has 0 heterocycles. The molecule has 0 aromatic heterocycles. The molecule has 0 aliphatic rings. The maximum absolute atomic E-state index is 12.9. The summed E-state index contributed by atoms with van der Waals surface area (Å²) in [7, 11) is -2.46. The summed E-state index contributed by atoms with van der Waals surface area (Å²) < 4.78 is 32.4. The Bertz CT molecular complexity index is 830. The number of esters is 1. The largest absolute Gasteiger partial charge is 0.465 e. The van der Waals surface area contributed by atoms with Crippen LogP contribution in [0.2, 0.25) is 0 Å². The molecule has 2 rings (SSSR count). The summed E-state index contributed by atoms with van der Waals surface area (Å²) in [5, 5.41) is 0. The van der Waals surface area contributed by atoms with Gasteiger partial charge in [-0.2, -0.15) is 0 Å². The van der Waals surface area contributed by atoms with Crippen LogP contribution in [-0.2, 0) is 14.8 Å². The summed E-state index contributed by atoms with van der Waals surface area (Å²) >= 11 is 3.28. The summed E-state index contributed by atoms with van der Waals surface area (Å²) in [5.41, 5.74) is 0.784. The summed E-state index contributed by atoms with van der Waals surface area (Å²) in [5.74, 6) is -0.479. The molecular weight excluding hydrogens is 394 g/mol. The molecule has 0 spiro atoms. The minimum absolute atomic E-state index is 0.107. The molecule has 0 saturated heterocycles. The third-order valence-electron chi connectivity index (χ3n) is 3.27. The maximum atomic E-state index is 12.9. The number of halogens is 1. The van der Waals surface area contributed by atoms with Gasteiger partial charge in [0.2, 0.25) is 0 Å². The average molecular weight is 410 g/mol. The van der Waals surface area contributed by atoms with Crippen molar-refractivity contribution in [3.63, 3.8) is 0 Å². The van der Waals surface area contributed by atoms with Crippen LogP contribution in [0, 0.1) is 0 Å². The van der Waals surface area contributed by atoms with Crippen molar-refractivity contribution in [3.8, 4) is 0 Å². The molecule has 0 unspecified atom stereocenters. The molecule has 0 aliphatic carbocycles. The quantitative estimate of drug-likeness (QED) is 0.539. The van der Waals surface area contributed by atoms with E-state index in [1.165, 1.54) is 41.8 Å². The number of carbonyl (C=O) groups excluding carboxylic acids is 1. The standard InChI is InChI=1S/C17H16BrNO4S/c1-3-12-19(15-8-4-13(5-9-15)17(20)23-2)24(21,22)16-10-6-14(18)7-11-16/h3-11H,1,12H2,2H3. The van der Waals surface area contributed by atoms with Crippen molar-refractivity contribution in [2.75, 3.05) is 18.0 Å². The van der Waals surface area contributed by atoms with E-state index in [4.69, 9.17) is 0 Å². The Morgan fingerprint density at radius 2 is 1.75 bits per heavy atom. The fourth-order valence-corrected chi connectivity index (χ4v) is 3.77. The van der Waals surface area contributed by atoms with E-state index in [0.29, 0.717) is 11.3 Å². The highest BCUT2D eigenvalue weighted by molar-refractivity contribution is 9.10. The van der Waals surface area contributed by atoms with Gasteiger partial charge in [0.15, 0.2) is 0 Å². The van der Waals surface area contributed by atoms with Gasteiger partial charge in [-0.3, -0.25) is 4.31 Å². The van der Waals surface area contributed by atoms with Gasteiger partial charge < -0.3 is 4.74 Å². The van der Waals surface area contributed by atoms with Crippen LogP contribution in [0.1, 0.15) is 10.4 Å². The monoisotopic (exact) mass is 409 g/mol. The third-order valence-corrected chi connectivity index (χ3v) is 5.61. The van der Waals surface area contributed by atoms with Crippen LogP contribution in [0.3, 0.4) is 0 Å². The predicted molar refractivity (Wildman–Crippen MR) is 96.7 cm³/mol. The van der Waals surface area contributed by atoms with Crippen LogP contribution in [-0.4, -0.2) is 28.0 Å². The number of rotatable bonds is 6. The minimum Gasteiger partial charge on any atom is -0.465 e. The number of nitrogens with zero attached hydrogens (tertiary/aromatic N) is 1. The van der Waals surface area contributed by atoms with Crippen molar-refractivity contribution < 1.29 is 17.9 Å². The number of benzene rings is 2. The molecule has 0 fully saturated rings. The number of methoxy groups -OCH3 is 1. The molecule has 0 aliphatic heterocycles. The van der Waals surface area contributed by atoms with Crippen molar-refractivity contribution in [2.45, 2.75) is 4.90 Å². The molecule has 2 aromatic carbocycles.